The number of thioether (sulfide) groups is 1. The average molecular weight is 395 g/mol. The van der Waals surface area contributed by atoms with E-state index in [0.29, 0.717) is 5.69 Å². The number of hydrogen-bond acceptors (Lipinski definition) is 5. The van der Waals surface area contributed by atoms with Crippen molar-refractivity contribution in [2.75, 3.05) is 17.7 Å². The molecule has 0 spiro atoms. The molecule has 0 saturated heterocycles. The summed E-state index contributed by atoms with van der Waals surface area (Å²) in [5.74, 6) is -1.04. The van der Waals surface area contributed by atoms with Gasteiger partial charge in [0, 0.05) is 4.90 Å². The van der Waals surface area contributed by atoms with E-state index < -0.39 is 18.5 Å². The molecule has 8 heteroatoms. The largest absolute Gasteiger partial charge is 0.452 e. The predicted octanol–water partition coefficient (Wildman–Crippen LogP) is 4.40. The van der Waals surface area contributed by atoms with Gasteiger partial charge in [-0.15, -0.1) is 11.8 Å². The van der Waals surface area contributed by atoms with Crippen molar-refractivity contribution in [1.82, 2.24) is 0 Å². The molecule has 0 saturated carbocycles. The fraction of sp³-hybridized carbons (Fsp3) is 0.118. The Balaban J connectivity index is 1.98. The van der Waals surface area contributed by atoms with Crippen LogP contribution in [0.25, 0.3) is 0 Å². The third kappa shape index (κ3) is 5.40. The minimum atomic E-state index is -0.780. The lowest BCUT2D eigenvalue weighted by molar-refractivity contribution is -0.119. The number of amides is 1. The van der Waals surface area contributed by atoms with Crippen molar-refractivity contribution in [2.24, 2.45) is 0 Å². The van der Waals surface area contributed by atoms with Crippen molar-refractivity contribution in [2.45, 2.75) is 4.90 Å². The van der Waals surface area contributed by atoms with Crippen molar-refractivity contribution in [1.29, 1.82) is 5.26 Å². The van der Waals surface area contributed by atoms with Crippen molar-refractivity contribution < 1.29 is 14.3 Å². The molecule has 1 amide bonds. The summed E-state index contributed by atoms with van der Waals surface area (Å²) in [6, 6.07) is 13.7. The highest BCUT2D eigenvalue weighted by atomic mass is 35.5. The number of hydrogen-bond donors (Lipinski definition) is 1. The van der Waals surface area contributed by atoms with Crippen LogP contribution in [0.5, 0.6) is 0 Å². The number of esters is 1. The van der Waals surface area contributed by atoms with E-state index >= 15 is 0 Å². The van der Waals surface area contributed by atoms with Crippen molar-refractivity contribution >= 4 is 52.5 Å². The third-order valence-corrected chi connectivity index (χ3v) is 4.52. The fourth-order valence-electron chi connectivity index (χ4n) is 1.89. The molecular formula is C17H12Cl2N2O3S. The van der Waals surface area contributed by atoms with Crippen LogP contribution in [0.3, 0.4) is 0 Å². The van der Waals surface area contributed by atoms with E-state index in [2.05, 4.69) is 5.32 Å². The summed E-state index contributed by atoms with van der Waals surface area (Å²) >= 11 is 13.1. The Morgan fingerprint density at radius 2 is 1.80 bits per heavy atom. The number of ether oxygens (including phenoxy) is 1. The van der Waals surface area contributed by atoms with E-state index in [1.165, 1.54) is 23.9 Å². The lowest BCUT2D eigenvalue weighted by Crippen LogP contribution is -2.21. The molecule has 0 atom stereocenters. The minimum Gasteiger partial charge on any atom is -0.452 e. The second kappa shape index (κ2) is 9.33. The van der Waals surface area contributed by atoms with Crippen LogP contribution in [0, 0.1) is 11.3 Å². The first kappa shape index (κ1) is 19.1. The van der Waals surface area contributed by atoms with E-state index in [-0.39, 0.29) is 21.4 Å². The molecule has 0 bridgehead atoms. The maximum absolute atomic E-state index is 12.0. The molecule has 2 rings (SSSR count). The summed E-state index contributed by atoms with van der Waals surface area (Å²) < 4.78 is 4.97. The van der Waals surface area contributed by atoms with Crippen LogP contribution >= 0.6 is 35.0 Å². The van der Waals surface area contributed by atoms with Gasteiger partial charge < -0.3 is 10.1 Å². The minimum absolute atomic E-state index is 0.0172. The van der Waals surface area contributed by atoms with Crippen molar-refractivity contribution in [3.63, 3.8) is 0 Å². The van der Waals surface area contributed by atoms with Crippen molar-refractivity contribution in [3.05, 3.63) is 58.1 Å². The molecule has 0 aromatic heterocycles. The Bertz CT molecular complexity index is 817. The van der Waals surface area contributed by atoms with Gasteiger partial charge in [-0.2, -0.15) is 5.26 Å². The SMILES string of the molecule is N#CCSc1ccccc1NC(=O)COC(=O)c1c(Cl)cccc1Cl. The normalized spacial score (nSPS) is 9.96. The molecule has 0 aliphatic heterocycles. The van der Waals surface area contributed by atoms with Crippen LogP contribution < -0.4 is 5.32 Å². The number of rotatable bonds is 6. The van der Waals surface area contributed by atoms with Gasteiger partial charge in [-0.25, -0.2) is 4.79 Å². The highest BCUT2D eigenvalue weighted by Gasteiger charge is 2.17. The topological polar surface area (TPSA) is 79.2 Å². The summed E-state index contributed by atoms with van der Waals surface area (Å²) in [4.78, 5) is 24.8. The highest BCUT2D eigenvalue weighted by molar-refractivity contribution is 7.99. The van der Waals surface area contributed by atoms with Gasteiger partial charge in [-0.05, 0) is 24.3 Å². The van der Waals surface area contributed by atoms with Gasteiger partial charge in [0.25, 0.3) is 5.91 Å². The summed E-state index contributed by atoms with van der Waals surface area (Å²) in [6.07, 6.45) is 0. The van der Waals surface area contributed by atoms with Gasteiger partial charge in [-0.1, -0.05) is 41.4 Å². The average Bonchev–Trinajstić information content (AvgIpc) is 2.59. The zero-order valence-corrected chi connectivity index (χ0v) is 15.1. The molecular weight excluding hydrogens is 383 g/mol. The van der Waals surface area contributed by atoms with E-state index in [1.807, 2.05) is 6.07 Å². The number of carbonyl (C=O) groups excluding carboxylic acids is 2. The molecule has 25 heavy (non-hydrogen) atoms. The third-order valence-electron chi connectivity index (χ3n) is 2.95. The first-order valence-electron chi connectivity index (χ1n) is 7.02. The molecule has 2 aromatic rings. The van der Waals surface area contributed by atoms with Crippen LogP contribution in [-0.4, -0.2) is 24.2 Å². The molecule has 2 aromatic carbocycles. The number of halogens is 2. The number of anilines is 1. The standard InChI is InChI=1S/C17H12Cl2N2O3S/c18-11-4-3-5-12(19)16(11)17(23)24-10-15(22)21-13-6-1-2-7-14(13)25-9-8-20/h1-7H,9-10H2,(H,21,22). The van der Waals surface area contributed by atoms with Crippen LogP contribution in [0.1, 0.15) is 10.4 Å². The maximum Gasteiger partial charge on any atom is 0.341 e. The zero-order valence-electron chi connectivity index (χ0n) is 12.8. The first-order chi connectivity index (χ1) is 12.0. The monoisotopic (exact) mass is 394 g/mol. The number of nitrogens with one attached hydrogen (secondary N) is 1. The molecule has 1 N–H and O–H groups in total. The summed E-state index contributed by atoms with van der Waals surface area (Å²) in [6.45, 7) is -0.488. The van der Waals surface area contributed by atoms with Gasteiger partial charge in [0.15, 0.2) is 6.61 Å². The molecule has 0 fully saturated rings. The number of nitriles is 1. The predicted molar refractivity (Wildman–Crippen MR) is 98.2 cm³/mol. The van der Waals surface area contributed by atoms with E-state index in [4.69, 9.17) is 33.2 Å². The molecule has 5 nitrogen and oxygen atoms in total. The summed E-state index contributed by atoms with van der Waals surface area (Å²) in [7, 11) is 0. The Kier molecular flexibility index (Phi) is 7.14. The molecule has 0 aliphatic rings. The second-order valence-electron chi connectivity index (χ2n) is 4.66. The number of para-hydroxylation sites is 1. The second-order valence-corrected chi connectivity index (χ2v) is 6.50. The Morgan fingerprint density at radius 3 is 2.48 bits per heavy atom. The Morgan fingerprint density at radius 1 is 1.12 bits per heavy atom. The van der Waals surface area contributed by atoms with E-state index in [9.17, 15) is 9.59 Å². The quantitative estimate of drug-likeness (QED) is 0.579. The summed E-state index contributed by atoms with van der Waals surface area (Å²) in [5.41, 5.74) is 0.559. The maximum atomic E-state index is 12.0. The molecule has 0 heterocycles. The Labute approximate surface area is 158 Å². The van der Waals surface area contributed by atoms with E-state index in [1.54, 1.807) is 30.3 Å². The van der Waals surface area contributed by atoms with Crippen LogP contribution in [0.4, 0.5) is 5.69 Å². The van der Waals surface area contributed by atoms with Crippen LogP contribution in [0.2, 0.25) is 10.0 Å². The Hall–Kier alpha value is -2.20. The molecule has 0 radical (unpaired) electrons. The molecule has 0 unspecified atom stereocenters. The number of carbonyl (C=O) groups is 2. The first-order valence-corrected chi connectivity index (χ1v) is 8.77. The lowest BCUT2D eigenvalue weighted by Gasteiger charge is -2.11. The zero-order chi connectivity index (χ0) is 18.2. The number of nitrogens with zero attached hydrogens (tertiary/aromatic N) is 1. The van der Waals surface area contributed by atoms with Crippen LogP contribution in [-0.2, 0) is 9.53 Å². The fourth-order valence-corrected chi connectivity index (χ4v) is 3.11. The van der Waals surface area contributed by atoms with Gasteiger partial charge in [0.1, 0.15) is 0 Å². The van der Waals surface area contributed by atoms with Gasteiger partial charge in [-0.3, -0.25) is 4.79 Å². The smallest absolute Gasteiger partial charge is 0.341 e. The lowest BCUT2D eigenvalue weighted by atomic mass is 10.2. The molecule has 128 valence electrons. The van der Waals surface area contributed by atoms with Gasteiger partial charge in [0.2, 0.25) is 0 Å². The van der Waals surface area contributed by atoms with E-state index in [0.717, 1.165) is 4.90 Å². The van der Waals surface area contributed by atoms with Gasteiger partial charge >= 0.3 is 5.97 Å². The number of benzene rings is 2. The van der Waals surface area contributed by atoms with Crippen molar-refractivity contribution in [3.8, 4) is 6.07 Å². The van der Waals surface area contributed by atoms with Crippen LogP contribution in [0.15, 0.2) is 47.4 Å². The van der Waals surface area contributed by atoms with Gasteiger partial charge in [0.05, 0.1) is 33.1 Å². The summed E-state index contributed by atoms with van der Waals surface area (Å²) in [5, 5.41) is 11.6. The highest BCUT2D eigenvalue weighted by Crippen LogP contribution is 2.27. The molecule has 0 aliphatic carbocycles.